The molecule has 0 saturated carbocycles. The Morgan fingerprint density at radius 3 is 2.89 bits per heavy atom. The molecule has 3 amide bonds. The number of carbonyl (C=O) groups excluding carboxylic acids is 3. The number of aromatic nitrogens is 2. The van der Waals surface area contributed by atoms with Crippen LogP contribution in [0.15, 0.2) is 12.4 Å². The molecule has 19 heavy (non-hydrogen) atoms. The van der Waals surface area contributed by atoms with Gasteiger partial charge in [0.05, 0.1) is 12.4 Å². The Balaban J connectivity index is 2.04. The topological polar surface area (TPSA) is 113 Å². The second-order valence-electron chi connectivity index (χ2n) is 4.02. The fraction of sp³-hybridized carbons (Fsp3) is 0.364. The van der Waals surface area contributed by atoms with Crippen molar-refractivity contribution in [2.24, 2.45) is 0 Å². The average molecular weight is 263 g/mol. The van der Waals surface area contributed by atoms with Gasteiger partial charge in [-0.3, -0.25) is 24.7 Å². The lowest BCUT2D eigenvalue weighted by molar-refractivity contribution is -0.134. The highest BCUT2D eigenvalue weighted by Gasteiger charge is 2.28. The van der Waals surface area contributed by atoms with Gasteiger partial charge in [-0.1, -0.05) is 0 Å². The minimum atomic E-state index is -0.717. The van der Waals surface area contributed by atoms with Crippen LogP contribution in [0.4, 0.5) is 5.82 Å². The highest BCUT2D eigenvalue weighted by molar-refractivity contribution is 6.03. The van der Waals surface area contributed by atoms with Crippen LogP contribution in [0.2, 0.25) is 0 Å². The summed E-state index contributed by atoms with van der Waals surface area (Å²) in [4.78, 5) is 42.3. The summed E-state index contributed by atoms with van der Waals surface area (Å²) in [5.41, 5.74) is 0.108. The van der Waals surface area contributed by atoms with Gasteiger partial charge in [0.1, 0.15) is 17.6 Å². The predicted molar refractivity (Wildman–Crippen MR) is 65.2 cm³/mol. The van der Waals surface area contributed by atoms with E-state index in [9.17, 15) is 14.4 Å². The SMILES string of the molecule is CNc1cncc(C(=O)NC2CCC(=O)NC2=O)n1. The second-order valence-corrected chi connectivity index (χ2v) is 4.02. The maximum atomic E-state index is 11.9. The van der Waals surface area contributed by atoms with Crippen LogP contribution in [0.5, 0.6) is 0 Å². The summed E-state index contributed by atoms with van der Waals surface area (Å²) in [6, 6.07) is -0.717. The molecule has 3 N–H and O–H groups in total. The van der Waals surface area contributed by atoms with Gasteiger partial charge in [-0.2, -0.15) is 0 Å². The van der Waals surface area contributed by atoms with E-state index >= 15 is 0 Å². The molecule has 100 valence electrons. The zero-order chi connectivity index (χ0) is 13.8. The Morgan fingerprint density at radius 1 is 1.42 bits per heavy atom. The Bertz CT molecular complexity index is 531. The Morgan fingerprint density at radius 2 is 2.21 bits per heavy atom. The molecule has 8 heteroatoms. The minimum absolute atomic E-state index is 0.108. The van der Waals surface area contributed by atoms with Crippen LogP contribution in [0.25, 0.3) is 0 Å². The fourth-order valence-corrected chi connectivity index (χ4v) is 1.66. The second kappa shape index (κ2) is 5.42. The molecule has 1 fully saturated rings. The van der Waals surface area contributed by atoms with E-state index in [1.54, 1.807) is 7.05 Å². The molecule has 0 aromatic carbocycles. The largest absolute Gasteiger partial charge is 0.372 e. The van der Waals surface area contributed by atoms with Crippen molar-refractivity contribution >= 4 is 23.5 Å². The molecule has 0 bridgehead atoms. The maximum Gasteiger partial charge on any atom is 0.272 e. The molecule has 2 heterocycles. The zero-order valence-electron chi connectivity index (χ0n) is 10.3. The molecule has 0 radical (unpaired) electrons. The molecular formula is C11H13N5O3. The van der Waals surface area contributed by atoms with E-state index in [-0.39, 0.29) is 24.4 Å². The van der Waals surface area contributed by atoms with Gasteiger partial charge in [-0.25, -0.2) is 4.98 Å². The van der Waals surface area contributed by atoms with Crippen molar-refractivity contribution in [2.75, 3.05) is 12.4 Å². The van der Waals surface area contributed by atoms with Crippen LogP contribution >= 0.6 is 0 Å². The first-order chi connectivity index (χ1) is 9.10. The number of hydrogen-bond acceptors (Lipinski definition) is 6. The predicted octanol–water partition coefficient (Wildman–Crippen LogP) is -0.947. The van der Waals surface area contributed by atoms with E-state index in [1.807, 2.05) is 0 Å². The first kappa shape index (κ1) is 12.9. The molecular weight excluding hydrogens is 250 g/mol. The highest BCUT2D eigenvalue weighted by atomic mass is 16.2. The molecule has 1 aliphatic rings. The monoisotopic (exact) mass is 263 g/mol. The first-order valence-electron chi connectivity index (χ1n) is 5.74. The lowest BCUT2D eigenvalue weighted by Gasteiger charge is -2.21. The van der Waals surface area contributed by atoms with Gasteiger partial charge in [0.15, 0.2) is 0 Å². The molecule has 2 rings (SSSR count). The molecule has 8 nitrogen and oxygen atoms in total. The summed E-state index contributed by atoms with van der Waals surface area (Å²) < 4.78 is 0. The summed E-state index contributed by atoms with van der Waals surface area (Å²) in [7, 11) is 1.66. The quantitative estimate of drug-likeness (QED) is 0.606. The Hall–Kier alpha value is -2.51. The number of anilines is 1. The lowest BCUT2D eigenvalue weighted by atomic mass is 10.1. The van der Waals surface area contributed by atoms with E-state index in [0.717, 1.165) is 0 Å². The molecule has 1 aromatic heterocycles. The smallest absolute Gasteiger partial charge is 0.272 e. The number of imide groups is 1. The molecule has 1 atom stereocenters. The number of amides is 3. The van der Waals surface area contributed by atoms with Gasteiger partial charge in [0, 0.05) is 13.5 Å². The first-order valence-corrected chi connectivity index (χ1v) is 5.74. The molecule has 0 aliphatic carbocycles. The van der Waals surface area contributed by atoms with Crippen LogP contribution in [-0.4, -0.2) is 40.8 Å². The number of nitrogens with one attached hydrogen (secondary N) is 3. The van der Waals surface area contributed by atoms with E-state index in [4.69, 9.17) is 0 Å². The third-order valence-corrected chi connectivity index (χ3v) is 2.67. The van der Waals surface area contributed by atoms with Gasteiger partial charge in [-0.05, 0) is 6.42 Å². The van der Waals surface area contributed by atoms with Crippen molar-refractivity contribution in [3.05, 3.63) is 18.1 Å². The van der Waals surface area contributed by atoms with Gasteiger partial charge < -0.3 is 10.6 Å². The normalized spacial score (nSPS) is 18.7. The zero-order valence-corrected chi connectivity index (χ0v) is 10.3. The van der Waals surface area contributed by atoms with Crippen LogP contribution < -0.4 is 16.0 Å². The van der Waals surface area contributed by atoms with Crippen LogP contribution in [0.1, 0.15) is 23.3 Å². The number of carbonyl (C=O) groups is 3. The van der Waals surface area contributed by atoms with Crippen LogP contribution in [0, 0.1) is 0 Å². The summed E-state index contributed by atoms with van der Waals surface area (Å²) in [6.07, 6.45) is 3.28. The van der Waals surface area contributed by atoms with Crippen molar-refractivity contribution in [3.63, 3.8) is 0 Å². The molecule has 1 unspecified atom stereocenters. The van der Waals surface area contributed by atoms with Crippen molar-refractivity contribution in [1.82, 2.24) is 20.6 Å². The van der Waals surface area contributed by atoms with E-state index < -0.39 is 17.9 Å². The number of hydrogen-bond donors (Lipinski definition) is 3. The van der Waals surface area contributed by atoms with Gasteiger partial charge in [-0.15, -0.1) is 0 Å². The van der Waals surface area contributed by atoms with Crippen LogP contribution in [-0.2, 0) is 9.59 Å². The number of piperidine rings is 1. The van der Waals surface area contributed by atoms with Crippen LogP contribution in [0.3, 0.4) is 0 Å². The van der Waals surface area contributed by atoms with Gasteiger partial charge >= 0.3 is 0 Å². The van der Waals surface area contributed by atoms with E-state index in [0.29, 0.717) is 5.82 Å². The molecule has 1 aliphatic heterocycles. The standard InChI is InChI=1S/C11H13N5O3/c1-12-8-5-13-4-7(14-8)11(19)15-6-2-3-9(17)16-10(6)18/h4-6H,2-3H2,1H3,(H,12,14)(H,15,19)(H,16,17,18). The summed E-state index contributed by atoms with van der Waals surface area (Å²) in [6.45, 7) is 0. The Kier molecular flexibility index (Phi) is 3.69. The van der Waals surface area contributed by atoms with E-state index in [1.165, 1.54) is 12.4 Å². The summed E-state index contributed by atoms with van der Waals surface area (Å²) in [5.74, 6) is -0.871. The van der Waals surface area contributed by atoms with Gasteiger partial charge in [0.25, 0.3) is 5.91 Å². The fourth-order valence-electron chi connectivity index (χ4n) is 1.66. The average Bonchev–Trinajstić information content (AvgIpc) is 2.42. The number of rotatable bonds is 3. The van der Waals surface area contributed by atoms with E-state index in [2.05, 4.69) is 25.9 Å². The third kappa shape index (κ3) is 3.03. The summed E-state index contributed by atoms with van der Waals surface area (Å²) >= 11 is 0. The molecule has 0 spiro atoms. The molecule has 1 aromatic rings. The Labute approximate surface area is 109 Å². The summed E-state index contributed by atoms with van der Waals surface area (Å²) in [5, 5.41) is 7.45. The highest BCUT2D eigenvalue weighted by Crippen LogP contribution is 2.06. The van der Waals surface area contributed by atoms with Crippen molar-refractivity contribution in [3.8, 4) is 0 Å². The van der Waals surface area contributed by atoms with Crippen molar-refractivity contribution in [2.45, 2.75) is 18.9 Å². The lowest BCUT2D eigenvalue weighted by Crippen LogP contribution is -2.52. The number of nitrogens with zero attached hydrogens (tertiary/aromatic N) is 2. The third-order valence-electron chi connectivity index (χ3n) is 2.67. The van der Waals surface area contributed by atoms with Crippen molar-refractivity contribution in [1.29, 1.82) is 0 Å². The van der Waals surface area contributed by atoms with Gasteiger partial charge in [0.2, 0.25) is 11.8 Å². The minimum Gasteiger partial charge on any atom is -0.372 e. The molecule has 1 saturated heterocycles. The maximum absolute atomic E-state index is 11.9. The van der Waals surface area contributed by atoms with Crippen molar-refractivity contribution < 1.29 is 14.4 Å².